The fraction of sp³-hybridized carbons (Fsp3) is 0.176. The number of carbonyl (C=O) groups excluding carboxylic acids is 2. The van der Waals surface area contributed by atoms with Crippen molar-refractivity contribution in [1.82, 2.24) is 5.32 Å². The van der Waals surface area contributed by atoms with E-state index in [2.05, 4.69) is 26.6 Å². The van der Waals surface area contributed by atoms with Crippen molar-refractivity contribution in [3.05, 3.63) is 56.5 Å². The molecule has 0 heterocycles. The first kappa shape index (κ1) is 19.6. The van der Waals surface area contributed by atoms with Gasteiger partial charge >= 0.3 is 0 Å². The first-order valence-electron chi connectivity index (χ1n) is 7.36. The number of para-hydroxylation sites is 1. The number of nitrogens with one attached hydrogen (secondary N) is 2. The summed E-state index contributed by atoms with van der Waals surface area (Å²) >= 11 is 15.2. The summed E-state index contributed by atoms with van der Waals surface area (Å²) in [6.07, 6.45) is 0. The predicted octanol–water partition coefficient (Wildman–Crippen LogP) is 4.52. The van der Waals surface area contributed by atoms with Gasteiger partial charge in [-0.15, -0.1) is 0 Å². The number of amides is 2. The van der Waals surface area contributed by atoms with Crippen LogP contribution in [-0.2, 0) is 4.79 Å². The van der Waals surface area contributed by atoms with E-state index in [-0.39, 0.29) is 17.5 Å². The highest BCUT2D eigenvalue weighted by Gasteiger charge is 2.14. The Hall–Kier alpha value is -1.76. The SMILES string of the molecule is CCNC(=O)c1ccccc1NC(=O)COc1c(Cl)cc(Cl)cc1Br. The molecule has 2 N–H and O–H groups in total. The fourth-order valence-corrected chi connectivity index (χ4v) is 3.41. The highest BCUT2D eigenvalue weighted by Crippen LogP contribution is 2.36. The third-order valence-corrected chi connectivity index (χ3v) is 4.18. The molecule has 2 amide bonds. The van der Waals surface area contributed by atoms with E-state index in [1.165, 1.54) is 6.07 Å². The molecule has 5 nitrogen and oxygen atoms in total. The molecule has 0 unspecified atom stereocenters. The van der Waals surface area contributed by atoms with Gasteiger partial charge in [0.05, 0.1) is 20.7 Å². The summed E-state index contributed by atoms with van der Waals surface area (Å²) in [5.41, 5.74) is 0.784. The van der Waals surface area contributed by atoms with Crippen molar-refractivity contribution < 1.29 is 14.3 Å². The third-order valence-electron chi connectivity index (χ3n) is 3.09. The molecule has 0 spiro atoms. The molecule has 2 aromatic carbocycles. The zero-order valence-electron chi connectivity index (χ0n) is 13.2. The first-order valence-corrected chi connectivity index (χ1v) is 8.91. The summed E-state index contributed by atoms with van der Waals surface area (Å²) in [6.45, 7) is 2.04. The van der Waals surface area contributed by atoms with Crippen LogP contribution in [0.4, 0.5) is 5.69 Å². The molecule has 0 aliphatic heterocycles. The Morgan fingerprint density at radius 1 is 1.20 bits per heavy atom. The molecule has 25 heavy (non-hydrogen) atoms. The average Bonchev–Trinajstić information content (AvgIpc) is 2.54. The summed E-state index contributed by atoms with van der Waals surface area (Å²) in [4.78, 5) is 24.2. The summed E-state index contributed by atoms with van der Waals surface area (Å²) < 4.78 is 6.00. The van der Waals surface area contributed by atoms with Crippen molar-refractivity contribution in [2.75, 3.05) is 18.5 Å². The summed E-state index contributed by atoms with van der Waals surface area (Å²) in [5, 5.41) is 6.09. The molecule has 0 saturated heterocycles. The normalized spacial score (nSPS) is 10.2. The van der Waals surface area contributed by atoms with Gasteiger partial charge in [0, 0.05) is 11.6 Å². The van der Waals surface area contributed by atoms with Crippen LogP contribution in [0.15, 0.2) is 40.9 Å². The van der Waals surface area contributed by atoms with Gasteiger partial charge in [0.15, 0.2) is 12.4 Å². The number of rotatable bonds is 6. The zero-order chi connectivity index (χ0) is 18.4. The lowest BCUT2D eigenvalue weighted by atomic mass is 10.1. The van der Waals surface area contributed by atoms with E-state index in [0.717, 1.165) is 0 Å². The van der Waals surface area contributed by atoms with Gasteiger partial charge in [-0.2, -0.15) is 0 Å². The van der Waals surface area contributed by atoms with Gasteiger partial charge in [0.1, 0.15) is 0 Å². The third kappa shape index (κ3) is 5.36. The molecule has 132 valence electrons. The van der Waals surface area contributed by atoms with Crippen molar-refractivity contribution in [2.45, 2.75) is 6.92 Å². The highest BCUT2D eigenvalue weighted by atomic mass is 79.9. The lowest BCUT2D eigenvalue weighted by molar-refractivity contribution is -0.118. The van der Waals surface area contributed by atoms with Gasteiger partial charge in [-0.25, -0.2) is 0 Å². The van der Waals surface area contributed by atoms with Gasteiger partial charge in [-0.1, -0.05) is 35.3 Å². The van der Waals surface area contributed by atoms with Crippen molar-refractivity contribution in [1.29, 1.82) is 0 Å². The number of ether oxygens (including phenoxy) is 1. The maximum Gasteiger partial charge on any atom is 0.262 e. The number of anilines is 1. The molecular formula is C17H15BrCl2N2O3. The zero-order valence-corrected chi connectivity index (χ0v) is 16.3. The van der Waals surface area contributed by atoms with Crippen LogP contribution in [0.5, 0.6) is 5.75 Å². The second-order valence-corrected chi connectivity index (χ2v) is 6.64. The number of hydrogen-bond donors (Lipinski definition) is 2. The fourth-order valence-electron chi connectivity index (χ4n) is 2.04. The van der Waals surface area contributed by atoms with E-state index in [4.69, 9.17) is 27.9 Å². The van der Waals surface area contributed by atoms with Crippen molar-refractivity contribution in [3.63, 3.8) is 0 Å². The van der Waals surface area contributed by atoms with Gasteiger partial charge in [0.2, 0.25) is 0 Å². The quantitative estimate of drug-likeness (QED) is 0.686. The second kappa shape index (κ2) is 9.08. The van der Waals surface area contributed by atoms with Crippen LogP contribution in [-0.4, -0.2) is 25.0 Å². The molecular weight excluding hydrogens is 431 g/mol. The maximum atomic E-state index is 12.2. The molecule has 0 aromatic heterocycles. The number of halogens is 3. The van der Waals surface area contributed by atoms with Crippen LogP contribution >= 0.6 is 39.1 Å². The van der Waals surface area contributed by atoms with Crippen LogP contribution in [0, 0.1) is 0 Å². The standard InChI is InChI=1S/C17H15BrCl2N2O3/c1-2-21-17(24)11-5-3-4-6-14(11)22-15(23)9-25-16-12(18)7-10(19)8-13(16)20/h3-8H,2,9H2,1H3,(H,21,24)(H,22,23). The lowest BCUT2D eigenvalue weighted by Gasteiger charge is -2.13. The maximum absolute atomic E-state index is 12.2. The van der Waals surface area contributed by atoms with E-state index in [0.29, 0.717) is 33.0 Å². The molecule has 0 fully saturated rings. The molecule has 0 aliphatic rings. The van der Waals surface area contributed by atoms with Crippen LogP contribution in [0.25, 0.3) is 0 Å². The minimum Gasteiger partial charge on any atom is -0.481 e. The average molecular weight is 446 g/mol. The number of carbonyl (C=O) groups is 2. The Kier molecular flexibility index (Phi) is 7.11. The van der Waals surface area contributed by atoms with Crippen molar-refractivity contribution in [2.24, 2.45) is 0 Å². The number of benzene rings is 2. The molecule has 0 radical (unpaired) electrons. The Morgan fingerprint density at radius 3 is 2.60 bits per heavy atom. The molecule has 2 aromatic rings. The van der Waals surface area contributed by atoms with E-state index in [9.17, 15) is 9.59 Å². The lowest BCUT2D eigenvalue weighted by Crippen LogP contribution is -2.26. The Morgan fingerprint density at radius 2 is 1.92 bits per heavy atom. The van der Waals surface area contributed by atoms with E-state index >= 15 is 0 Å². The molecule has 2 rings (SSSR count). The van der Waals surface area contributed by atoms with Gasteiger partial charge < -0.3 is 15.4 Å². The Labute approximate surface area is 163 Å². The summed E-state index contributed by atoms with van der Waals surface area (Å²) in [7, 11) is 0. The monoisotopic (exact) mass is 444 g/mol. The van der Waals surface area contributed by atoms with Gasteiger partial charge in [0.25, 0.3) is 11.8 Å². The van der Waals surface area contributed by atoms with E-state index < -0.39 is 5.91 Å². The van der Waals surface area contributed by atoms with Gasteiger partial charge in [-0.3, -0.25) is 9.59 Å². The molecule has 8 heteroatoms. The van der Waals surface area contributed by atoms with Crippen molar-refractivity contribution in [3.8, 4) is 5.75 Å². The molecule has 0 aliphatic carbocycles. The van der Waals surface area contributed by atoms with Gasteiger partial charge in [-0.05, 0) is 47.1 Å². The molecule has 0 bridgehead atoms. The summed E-state index contributed by atoms with van der Waals surface area (Å²) in [5.74, 6) is -0.365. The number of hydrogen-bond acceptors (Lipinski definition) is 3. The van der Waals surface area contributed by atoms with E-state index in [1.807, 2.05) is 6.92 Å². The van der Waals surface area contributed by atoms with E-state index in [1.54, 1.807) is 30.3 Å². The first-order chi connectivity index (χ1) is 11.9. The Balaban J connectivity index is 2.06. The second-order valence-electron chi connectivity index (χ2n) is 4.94. The smallest absolute Gasteiger partial charge is 0.262 e. The minimum absolute atomic E-state index is 0.261. The largest absolute Gasteiger partial charge is 0.481 e. The van der Waals surface area contributed by atoms with Crippen LogP contribution < -0.4 is 15.4 Å². The molecule has 0 saturated carbocycles. The predicted molar refractivity (Wildman–Crippen MR) is 103 cm³/mol. The summed E-state index contributed by atoms with van der Waals surface area (Å²) in [6, 6.07) is 9.87. The topological polar surface area (TPSA) is 67.4 Å². The minimum atomic E-state index is -0.422. The highest BCUT2D eigenvalue weighted by molar-refractivity contribution is 9.10. The van der Waals surface area contributed by atoms with Crippen LogP contribution in [0.3, 0.4) is 0 Å². The van der Waals surface area contributed by atoms with Crippen LogP contribution in [0.1, 0.15) is 17.3 Å². The molecule has 0 atom stereocenters. The van der Waals surface area contributed by atoms with Crippen LogP contribution in [0.2, 0.25) is 10.0 Å². The Bertz CT molecular complexity index is 776. The van der Waals surface area contributed by atoms with Crippen molar-refractivity contribution >= 4 is 56.6 Å².